The summed E-state index contributed by atoms with van der Waals surface area (Å²) in [5.41, 5.74) is 4.36. The minimum absolute atomic E-state index is 0.446. The molecular weight excluding hydrogens is 304 g/mol. The van der Waals surface area contributed by atoms with Crippen molar-refractivity contribution in [1.29, 1.82) is 5.26 Å². The Morgan fingerprint density at radius 3 is 2.96 bits per heavy atom. The molecule has 1 aliphatic heterocycles. The number of hydrogen-bond acceptors (Lipinski definition) is 4. The van der Waals surface area contributed by atoms with Crippen molar-refractivity contribution in [3.8, 4) is 6.07 Å². The third kappa shape index (κ3) is 3.03. The Hall–Kier alpha value is -3.04. The highest BCUT2D eigenvalue weighted by molar-refractivity contribution is 5.89. The maximum atomic E-state index is 11.5. The Kier molecular flexibility index (Phi) is 4.36. The van der Waals surface area contributed by atoms with Crippen molar-refractivity contribution >= 4 is 17.4 Å². The molecule has 1 aliphatic rings. The fourth-order valence-corrected chi connectivity index (χ4v) is 2.94. The highest BCUT2D eigenvalue weighted by Crippen LogP contribution is 2.32. The fourth-order valence-electron chi connectivity index (χ4n) is 2.94. The van der Waals surface area contributed by atoms with Crippen LogP contribution in [0, 0.1) is 11.3 Å². The van der Waals surface area contributed by atoms with E-state index in [4.69, 9.17) is 5.26 Å². The number of carbonyl (C=O) groups excluding carboxylic acids is 1. The number of urea groups is 1. The van der Waals surface area contributed by atoms with Crippen LogP contribution in [-0.4, -0.2) is 24.8 Å². The molecular formula is C18H18N4O2. The van der Waals surface area contributed by atoms with E-state index in [2.05, 4.69) is 16.3 Å². The van der Waals surface area contributed by atoms with Gasteiger partial charge >= 0.3 is 6.03 Å². The molecule has 2 amide bonds. The number of amides is 2. The van der Waals surface area contributed by atoms with Crippen LogP contribution in [0.2, 0.25) is 0 Å². The molecule has 1 heterocycles. The van der Waals surface area contributed by atoms with Crippen LogP contribution in [0.15, 0.2) is 42.5 Å². The summed E-state index contributed by atoms with van der Waals surface area (Å²) < 4.78 is 0. The summed E-state index contributed by atoms with van der Waals surface area (Å²) in [5.74, 6) is 0. The van der Waals surface area contributed by atoms with Crippen molar-refractivity contribution < 1.29 is 10.0 Å². The van der Waals surface area contributed by atoms with Gasteiger partial charge in [0.25, 0.3) is 0 Å². The second-order valence-corrected chi connectivity index (χ2v) is 5.66. The lowest BCUT2D eigenvalue weighted by Crippen LogP contribution is -2.35. The number of anilines is 2. The minimum atomic E-state index is -0.571. The van der Waals surface area contributed by atoms with Gasteiger partial charge in [-0.25, -0.2) is 4.79 Å². The number of carbonyl (C=O) groups is 1. The third-order valence-corrected chi connectivity index (χ3v) is 4.14. The van der Waals surface area contributed by atoms with Crippen molar-refractivity contribution in [2.24, 2.45) is 0 Å². The van der Waals surface area contributed by atoms with Gasteiger partial charge in [0.05, 0.1) is 17.3 Å². The van der Waals surface area contributed by atoms with Gasteiger partial charge in [-0.1, -0.05) is 12.1 Å². The first-order valence-corrected chi connectivity index (χ1v) is 7.70. The molecule has 6 heteroatoms. The lowest BCUT2D eigenvalue weighted by molar-refractivity contribution is 0.206. The Balaban J connectivity index is 1.80. The molecule has 122 valence electrons. The monoisotopic (exact) mass is 322 g/mol. The van der Waals surface area contributed by atoms with E-state index >= 15 is 0 Å². The van der Waals surface area contributed by atoms with E-state index in [0.717, 1.165) is 36.3 Å². The Bertz CT molecular complexity index is 813. The van der Waals surface area contributed by atoms with Gasteiger partial charge in [-0.15, -0.1) is 0 Å². The molecule has 24 heavy (non-hydrogen) atoms. The number of benzene rings is 2. The Morgan fingerprint density at radius 2 is 2.21 bits per heavy atom. The van der Waals surface area contributed by atoms with Crippen molar-refractivity contribution in [3.05, 3.63) is 59.2 Å². The number of nitriles is 1. The lowest BCUT2D eigenvalue weighted by atomic mass is 10.1. The quantitative estimate of drug-likeness (QED) is 0.672. The number of hydrogen-bond donors (Lipinski definition) is 2. The van der Waals surface area contributed by atoms with E-state index in [0.29, 0.717) is 16.3 Å². The number of hydroxylamine groups is 1. The highest BCUT2D eigenvalue weighted by atomic mass is 16.5. The molecule has 2 aromatic carbocycles. The lowest BCUT2D eigenvalue weighted by Gasteiger charge is -2.20. The maximum absolute atomic E-state index is 11.5. The zero-order valence-corrected chi connectivity index (χ0v) is 13.4. The first-order chi connectivity index (χ1) is 11.6. The van der Waals surface area contributed by atoms with Crippen molar-refractivity contribution in [2.45, 2.75) is 13.0 Å². The topological polar surface area (TPSA) is 79.6 Å². The molecule has 0 aromatic heterocycles. The summed E-state index contributed by atoms with van der Waals surface area (Å²) in [6.45, 7) is 1.58. The number of rotatable bonds is 3. The second-order valence-electron chi connectivity index (χ2n) is 5.66. The van der Waals surface area contributed by atoms with Crippen LogP contribution in [0.4, 0.5) is 16.2 Å². The van der Waals surface area contributed by atoms with Crippen LogP contribution < -0.4 is 15.3 Å². The van der Waals surface area contributed by atoms with Crippen LogP contribution in [-0.2, 0) is 13.0 Å². The Morgan fingerprint density at radius 1 is 1.38 bits per heavy atom. The molecule has 2 aromatic rings. The van der Waals surface area contributed by atoms with Gasteiger partial charge in [0.2, 0.25) is 0 Å². The summed E-state index contributed by atoms with van der Waals surface area (Å²) in [6.07, 6.45) is 0.850. The highest BCUT2D eigenvalue weighted by Gasteiger charge is 2.21. The molecule has 0 saturated carbocycles. The molecule has 0 saturated heterocycles. The number of nitrogens with zero attached hydrogens (tertiary/aromatic N) is 3. The van der Waals surface area contributed by atoms with Gasteiger partial charge in [0.15, 0.2) is 0 Å². The molecule has 3 rings (SSSR count). The molecule has 0 bridgehead atoms. The summed E-state index contributed by atoms with van der Waals surface area (Å²) in [7, 11) is 1.47. The SMILES string of the molecule is CNC(=O)N(O)c1ccc2c(c1)CCN2Cc1cccc(C#N)c1. The zero-order chi connectivity index (χ0) is 17.1. The predicted octanol–water partition coefficient (Wildman–Crippen LogP) is 2.66. The molecule has 0 aliphatic carbocycles. The van der Waals surface area contributed by atoms with Crippen LogP contribution in [0.3, 0.4) is 0 Å². The zero-order valence-electron chi connectivity index (χ0n) is 13.4. The van der Waals surface area contributed by atoms with E-state index in [9.17, 15) is 10.0 Å². The predicted molar refractivity (Wildman–Crippen MR) is 91.1 cm³/mol. The minimum Gasteiger partial charge on any atom is -0.367 e. The van der Waals surface area contributed by atoms with E-state index in [1.54, 1.807) is 12.1 Å². The van der Waals surface area contributed by atoms with Crippen molar-refractivity contribution in [1.82, 2.24) is 5.32 Å². The van der Waals surface area contributed by atoms with E-state index in [1.165, 1.54) is 7.05 Å². The standard InChI is InChI=1S/C18H18N4O2/c1-20-18(23)22(24)16-5-6-17-15(10-16)7-8-21(17)12-14-4-2-3-13(9-14)11-19/h2-6,9-10,24H,7-8,12H2,1H3,(H,20,23). The molecule has 0 spiro atoms. The summed E-state index contributed by atoms with van der Waals surface area (Å²) in [6, 6.07) is 14.6. The van der Waals surface area contributed by atoms with E-state index in [-0.39, 0.29) is 0 Å². The molecule has 0 radical (unpaired) electrons. The van der Waals surface area contributed by atoms with Crippen LogP contribution in [0.1, 0.15) is 16.7 Å². The van der Waals surface area contributed by atoms with Crippen LogP contribution in [0.25, 0.3) is 0 Å². The summed E-state index contributed by atoms with van der Waals surface area (Å²) >= 11 is 0. The van der Waals surface area contributed by atoms with Crippen molar-refractivity contribution in [3.63, 3.8) is 0 Å². The Labute approximate surface area is 140 Å². The summed E-state index contributed by atoms with van der Waals surface area (Å²) in [4.78, 5) is 13.7. The average Bonchev–Trinajstić information content (AvgIpc) is 3.02. The second kappa shape index (κ2) is 6.60. The third-order valence-electron chi connectivity index (χ3n) is 4.14. The molecule has 0 fully saturated rings. The van der Waals surface area contributed by atoms with Gasteiger partial charge in [0.1, 0.15) is 0 Å². The van der Waals surface area contributed by atoms with Crippen molar-refractivity contribution in [2.75, 3.05) is 23.6 Å². The molecule has 6 nitrogen and oxygen atoms in total. The van der Waals surface area contributed by atoms with Crippen LogP contribution >= 0.6 is 0 Å². The number of nitrogens with one attached hydrogen (secondary N) is 1. The van der Waals surface area contributed by atoms with Gasteiger partial charge in [-0.2, -0.15) is 10.3 Å². The van der Waals surface area contributed by atoms with Crippen LogP contribution in [0.5, 0.6) is 0 Å². The molecule has 2 N–H and O–H groups in total. The van der Waals surface area contributed by atoms with Gasteiger partial charge < -0.3 is 10.2 Å². The molecule has 0 unspecified atom stereocenters. The maximum Gasteiger partial charge on any atom is 0.345 e. The van der Waals surface area contributed by atoms with E-state index in [1.807, 2.05) is 30.3 Å². The smallest absolute Gasteiger partial charge is 0.345 e. The van der Waals surface area contributed by atoms with Gasteiger partial charge in [-0.05, 0) is 47.9 Å². The van der Waals surface area contributed by atoms with Gasteiger partial charge in [-0.3, -0.25) is 5.21 Å². The summed E-state index contributed by atoms with van der Waals surface area (Å²) in [5, 5.41) is 21.9. The first-order valence-electron chi connectivity index (χ1n) is 7.70. The largest absolute Gasteiger partial charge is 0.367 e. The first kappa shape index (κ1) is 15.8. The normalized spacial score (nSPS) is 12.5. The fraction of sp³-hybridized carbons (Fsp3) is 0.222. The average molecular weight is 322 g/mol. The van der Waals surface area contributed by atoms with E-state index < -0.39 is 6.03 Å². The number of fused-ring (bicyclic) bond motifs is 1. The molecule has 0 atom stereocenters. The van der Waals surface area contributed by atoms with Gasteiger partial charge in [0, 0.05) is 25.8 Å².